The predicted molar refractivity (Wildman–Crippen MR) is 94.4 cm³/mol. The molecule has 3 aromatic rings. The molecule has 2 aromatic heterocycles. The second-order valence-electron chi connectivity index (χ2n) is 6.43. The third-order valence-electron chi connectivity index (χ3n) is 3.44. The van der Waals surface area contributed by atoms with E-state index in [4.69, 9.17) is 4.52 Å². The molecule has 0 saturated carbocycles. The lowest BCUT2D eigenvalue weighted by molar-refractivity contribution is 0.102. The van der Waals surface area contributed by atoms with Crippen molar-refractivity contribution in [1.82, 2.24) is 14.9 Å². The van der Waals surface area contributed by atoms with Gasteiger partial charge in [-0.15, -0.1) is 0 Å². The number of anilines is 1. The molecule has 7 heteroatoms. The summed E-state index contributed by atoms with van der Waals surface area (Å²) in [5.74, 6) is 0.888. The van der Waals surface area contributed by atoms with Crippen molar-refractivity contribution in [3.63, 3.8) is 0 Å². The Morgan fingerprint density at radius 2 is 1.96 bits per heavy atom. The molecule has 0 unspecified atom stereocenters. The van der Waals surface area contributed by atoms with E-state index in [9.17, 15) is 4.79 Å². The molecule has 2 heterocycles. The van der Waals surface area contributed by atoms with Crippen LogP contribution in [0.15, 0.2) is 51.7 Å². The molecule has 3 rings (SSSR count). The Morgan fingerprint density at radius 1 is 1.25 bits per heavy atom. The summed E-state index contributed by atoms with van der Waals surface area (Å²) in [6.07, 6.45) is 3.55. The highest BCUT2D eigenvalue weighted by Gasteiger charge is 2.20. The first-order chi connectivity index (χ1) is 11.3. The standard InChI is InChI=1S/C17H17BrN4O2/c1-17(2,3)14-8-15(21-24-14)20-16(23)11-4-6-13(7-5-11)22-10-12(18)9-19-22/h4-10H,1-3H3,(H,20,21,23). The van der Waals surface area contributed by atoms with Gasteiger partial charge in [-0.2, -0.15) is 5.10 Å². The van der Waals surface area contributed by atoms with Gasteiger partial charge < -0.3 is 9.84 Å². The van der Waals surface area contributed by atoms with Gasteiger partial charge in [0.15, 0.2) is 5.82 Å². The highest BCUT2D eigenvalue weighted by Crippen LogP contribution is 2.24. The van der Waals surface area contributed by atoms with Crippen molar-refractivity contribution in [2.45, 2.75) is 26.2 Å². The van der Waals surface area contributed by atoms with Crippen molar-refractivity contribution >= 4 is 27.7 Å². The Hall–Kier alpha value is -2.41. The molecule has 0 saturated heterocycles. The van der Waals surface area contributed by atoms with Gasteiger partial charge in [-0.1, -0.05) is 25.9 Å². The number of nitrogens with one attached hydrogen (secondary N) is 1. The van der Waals surface area contributed by atoms with Gasteiger partial charge in [0, 0.05) is 23.2 Å². The van der Waals surface area contributed by atoms with E-state index in [1.54, 1.807) is 29.1 Å². The lowest BCUT2D eigenvalue weighted by Crippen LogP contribution is -2.12. The van der Waals surface area contributed by atoms with Crippen molar-refractivity contribution in [2.24, 2.45) is 0 Å². The molecular formula is C17H17BrN4O2. The highest BCUT2D eigenvalue weighted by atomic mass is 79.9. The van der Waals surface area contributed by atoms with Crippen LogP contribution in [0.3, 0.4) is 0 Å². The smallest absolute Gasteiger partial charge is 0.256 e. The average molecular weight is 389 g/mol. The van der Waals surface area contributed by atoms with E-state index >= 15 is 0 Å². The molecule has 1 N–H and O–H groups in total. The summed E-state index contributed by atoms with van der Waals surface area (Å²) < 4.78 is 7.88. The zero-order valence-electron chi connectivity index (χ0n) is 13.6. The fourth-order valence-corrected chi connectivity index (χ4v) is 2.37. The minimum Gasteiger partial charge on any atom is -0.359 e. The van der Waals surface area contributed by atoms with Gasteiger partial charge in [0.2, 0.25) is 0 Å². The summed E-state index contributed by atoms with van der Waals surface area (Å²) in [5, 5.41) is 10.8. The van der Waals surface area contributed by atoms with Crippen LogP contribution in [-0.4, -0.2) is 20.8 Å². The van der Waals surface area contributed by atoms with Crippen molar-refractivity contribution in [1.29, 1.82) is 0 Å². The highest BCUT2D eigenvalue weighted by molar-refractivity contribution is 9.10. The van der Waals surface area contributed by atoms with E-state index in [-0.39, 0.29) is 11.3 Å². The molecule has 0 fully saturated rings. The van der Waals surface area contributed by atoms with E-state index in [0.717, 1.165) is 15.9 Å². The van der Waals surface area contributed by atoms with Crippen LogP contribution in [0, 0.1) is 0 Å². The maximum atomic E-state index is 12.3. The van der Waals surface area contributed by atoms with E-state index in [1.165, 1.54) is 0 Å². The molecule has 0 atom stereocenters. The Balaban J connectivity index is 1.72. The molecular weight excluding hydrogens is 372 g/mol. The van der Waals surface area contributed by atoms with Crippen LogP contribution in [0.4, 0.5) is 5.82 Å². The van der Waals surface area contributed by atoms with Crippen molar-refractivity contribution in [3.8, 4) is 5.69 Å². The van der Waals surface area contributed by atoms with Crippen LogP contribution in [0.2, 0.25) is 0 Å². The third kappa shape index (κ3) is 3.56. The second kappa shape index (κ2) is 6.24. The summed E-state index contributed by atoms with van der Waals surface area (Å²) in [6.45, 7) is 6.06. The summed E-state index contributed by atoms with van der Waals surface area (Å²) in [6, 6.07) is 8.89. The predicted octanol–water partition coefficient (Wildman–Crippen LogP) is 4.17. The molecule has 0 spiro atoms. The summed E-state index contributed by atoms with van der Waals surface area (Å²) >= 11 is 3.36. The number of halogens is 1. The van der Waals surface area contributed by atoms with Crippen molar-refractivity contribution in [3.05, 3.63) is 58.5 Å². The third-order valence-corrected chi connectivity index (χ3v) is 3.85. The Morgan fingerprint density at radius 3 is 2.50 bits per heavy atom. The maximum absolute atomic E-state index is 12.3. The van der Waals surface area contributed by atoms with Crippen LogP contribution in [-0.2, 0) is 5.41 Å². The Bertz CT molecular complexity index is 859. The molecule has 1 amide bonds. The summed E-state index contributed by atoms with van der Waals surface area (Å²) in [5.41, 5.74) is 1.24. The number of amides is 1. The number of aromatic nitrogens is 3. The number of benzene rings is 1. The first-order valence-electron chi connectivity index (χ1n) is 7.42. The maximum Gasteiger partial charge on any atom is 0.256 e. The number of carbonyl (C=O) groups is 1. The van der Waals surface area contributed by atoms with Gasteiger partial charge in [-0.05, 0) is 40.2 Å². The largest absolute Gasteiger partial charge is 0.359 e. The van der Waals surface area contributed by atoms with Gasteiger partial charge in [0.25, 0.3) is 5.91 Å². The van der Waals surface area contributed by atoms with Crippen molar-refractivity contribution < 1.29 is 9.32 Å². The molecule has 0 aliphatic rings. The lowest BCUT2D eigenvalue weighted by Gasteiger charge is -2.12. The second-order valence-corrected chi connectivity index (χ2v) is 7.35. The molecule has 24 heavy (non-hydrogen) atoms. The summed E-state index contributed by atoms with van der Waals surface area (Å²) in [7, 11) is 0. The topological polar surface area (TPSA) is 73.0 Å². The normalized spacial score (nSPS) is 11.5. The monoisotopic (exact) mass is 388 g/mol. The van der Waals surface area contributed by atoms with E-state index < -0.39 is 0 Å². The van der Waals surface area contributed by atoms with Gasteiger partial charge >= 0.3 is 0 Å². The van der Waals surface area contributed by atoms with Crippen molar-refractivity contribution in [2.75, 3.05) is 5.32 Å². The molecule has 124 valence electrons. The van der Waals surface area contributed by atoms with Crippen LogP contribution in [0.25, 0.3) is 5.69 Å². The van der Waals surface area contributed by atoms with E-state index in [1.807, 2.05) is 39.1 Å². The quantitative estimate of drug-likeness (QED) is 0.730. The van der Waals surface area contributed by atoms with E-state index in [2.05, 4.69) is 31.5 Å². The average Bonchev–Trinajstić information content (AvgIpc) is 3.16. The number of hydrogen-bond donors (Lipinski definition) is 1. The summed E-state index contributed by atoms with van der Waals surface area (Å²) in [4.78, 5) is 12.3. The Kier molecular flexibility index (Phi) is 4.28. The fourth-order valence-electron chi connectivity index (χ4n) is 2.08. The molecule has 0 aliphatic carbocycles. The first kappa shape index (κ1) is 16.4. The molecule has 0 radical (unpaired) electrons. The van der Waals surface area contributed by atoms with Gasteiger partial charge in [-0.3, -0.25) is 4.79 Å². The van der Waals surface area contributed by atoms with E-state index in [0.29, 0.717) is 11.4 Å². The minimum absolute atomic E-state index is 0.157. The minimum atomic E-state index is -0.239. The number of hydrogen-bond acceptors (Lipinski definition) is 4. The zero-order chi connectivity index (χ0) is 17.3. The lowest BCUT2D eigenvalue weighted by atomic mass is 9.93. The molecule has 1 aromatic carbocycles. The molecule has 0 bridgehead atoms. The van der Waals surface area contributed by atoms with Crippen LogP contribution >= 0.6 is 15.9 Å². The Labute approximate surface area is 148 Å². The molecule has 0 aliphatic heterocycles. The number of rotatable bonds is 3. The van der Waals surface area contributed by atoms with Gasteiger partial charge in [0.05, 0.1) is 16.4 Å². The van der Waals surface area contributed by atoms with Crippen LogP contribution < -0.4 is 5.32 Å². The first-order valence-corrected chi connectivity index (χ1v) is 8.21. The van der Waals surface area contributed by atoms with Crippen LogP contribution in [0.1, 0.15) is 36.9 Å². The fraction of sp³-hybridized carbons (Fsp3) is 0.235. The molecule has 6 nitrogen and oxygen atoms in total. The van der Waals surface area contributed by atoms with Crippen LogP contribution in [0.5, 0.6) is 0 Å². The zero-order valence-corrected chi connectivity index (χ0v) is 15.2. The number of carbonyl (C=O) groups excluding carboxylic acids is 1. The number of nitrogens with zero attached hydrogens (tertiary/aromatic N) is 3. The van der Waals surface area contributed by atoms with Gasteiger partial charge in [-0.25, -0.2) is 4.68 Å². The van der Waals surface area contributed by atoms with Gasteiger partial charge in [0.1, 0.15) is 5.76 Å². The SMILES string of the molecule is CC(C)(C)c1cc(NC(=O)c2ccc(-n3cc(Br)cn3)cc2)no1.